The Bertz CT molecular complexity index is 1360. The molecule has 0 saturated heterocycles. The summed E-state index contributed by atoms with van der Waals surface area (Å²) in [5.41, 5.74) is 8.13. The predicted molar refractivity (Wildman–Crippen MR) is 122 cm³/mol. The van der Waals surface area contributed by atoms with E-state index in [1.54, 1.807) is 19.1 Å². The van der Waals surface area contributed by atoms with Crippen molar-refractivity contribution in [2.45, 2.75) is 20.8 Å². The van der Waals surface area contributed by atoms with E-state index in [0.717, 1.165) is 10.4 Å². The van der Waals surface area contributed by atoms with Gasteiger partial charge >= 0.3 is 0 Å². The molecule has 0 aliphatic carbocycles. The van der Waals surface area contributed by atoms with Crippen LogP contribution in [0, 0.1) is 0 Å². The summed E-state index contributed by atoms with van der Waals surface area (Å²) >= 11 is 0. The average Bonchev–Trinajstić information content (AvgIpc) is 2.77. The van der Waals surface area contributed by atoms with Crippen LogP contribution in [0.2, 0.25) is 0 Å². The molecule has 1 aliphatic rings. The SMILES string of the molecule is CCOc1cc2ncc(C(N)=O)c(Nc3cccc4c3=C(C)C(=O)[N]C=4)c2cc1OCC. The van der Waals surface area contributed by atoms with E-state index in [2.05, 4.69) is 15.6 Å². The summed E-state index contributed by atoms with van der Waals surface area (Å²) < 4.78 is 11.5. The number of amides is 2. The molecule has 0 bridgehead atoms. The minimum Gasteiger partial charge on any atom is -0.490 e. The third kappa shape index (κ3) is 3.71. The lowest BCUT2D eigenvalue weighted by molar-refractivity contribution is -0.114. The lowest BCUT2D eigenvalue weighted by Gasteiger charge is -2.18. The van der Waals surface area contributed by atoms with Crippen LogP contribution in [0.15, 0.2) is 36.5 Å². The molecule has 8 nitrogen and oxygen atoms in total. The van der Waals surface area contributed by atoms with Gasteiger partial charge in [-0.05, 0) is 32.9 Å². The fraction of sp³-hybridized carbons (Fsp3) is 0.208. The number of primary amides is 1. The van der Waals surface area contributed by atoms with Crippen LogP contribution >= 0.6 is 0 Å². The maximum absolute atomic E-state index is 12.2. The minimum absolute atomic E-state index is 0.218. The molecule has 1 radical (unpaired) electrons. The van der Waals surface area contributed by atoms with Crippen LogP contribution in [0.3, 0.4) is 0 Å². The summed E-state index contributed by atoms with van der Waals surface area (Å²) in [5, 5.41) is 9.41. The van der Waals surface area contributed by atoms with Crippen molar-refractivity contribution in [3.05, 3.63) is 52.5 Å². The zero-order valence-electron chi connectivity index (χ0n) is 18.1. The zero-order valence-corrected chi connectivity index (χ0v) is 18.1. The van der Waals surface area contributed by atoms with Crippen LogP contribution in [0.25, 0.3) is 22.7 Å². The molecule has 2 amide bonds. The molecule has 4 rings (SSSR count). The number of anilines is 2. The molecule has 0 spiro atoms. The van der Waals surface area contributed by atoms with Crippen molar-refractivity contribution in [2.75, 3.05) is 18.5 Å². The van der Waals surface area contributed by atoms with Gasteiger partial charge in [-0.2, -0.15) is 0 Å². The van der Waals surface area contributed by atoms with Crippen molar-refractivity contribution in [3.63, 3.8) is 0 Å². The van der Waals surface area contributed by atoms with E-state index < -0.39 is 5.91 Å². The fourth-order valence-corrected chi connectivity index (χ4v) is 3.73. The number of carbonyl (C=O) groups excluding carboxylic acids is 2. The molecule has 163 valence electrons. The van der Waals surface area contributed by atoms with Gasteiger partial charge in [-0.25, -0.2) is 5.32 Å². The van der Waals surface area contributed by atoms with Crippen LogP contribution in [-0.4, -0.2) is 30.0 Å². The normalized spacial score (nSPS) is 12.6. The lowest BCUT2D eigenvalue weighted by atomic mass is 10.0. The molecule has 3 aromatic rings. The number of pyridine rings is 1. The number of ether oxygens (including phenoxy) is 2. The van der Waals surface area contributed by atoms with E-state index in [-0.39, 0.29) is 11.5 Å². The Balaban J connectivity index is 1.99. The first-order valence-electron chi connectivity index (χ1n) is 10.3. The van der Waals surface area contributed by atoms with Gasteiger partial charge in [-0.15, -0.1) is 0 Å². The second-order valence-electron chi connectivity index (χ2n) is 7.18. The van der Waals surface area contributed by atoms with E-state index >= 15 is 0 Å². The zero-order chi connectivity index (χ0) is 22.8. The molecule has 1 aliphatic heterocycles. The van der Waals surface area contributed by atoms with Gasteiger partial charge in [0.05, 0.1) is 30.0 Å². The molecular weight excluding hydrogens is 408 g/mol. The van der Waals surface area contributed by atoms with Gasteiger partial charge in [0.15, 0.2) is 11.5 Å². The number of carbonyl (C=O) groups is 2. The smallest absolute Gasteiger partial charge is 0.273 e. The fourth-order valence-electron chi connectivity index (χ4n) is 3.73. The van der Waals surface area contributed by atoms with Crippen LogP contribution in [0.1, 0.15) is 31.1 Å². The van der Waals surface area contributed by atoms with Crippen LogP contribution in [-0.2, 0) is 4.79 Å². The number of aromatic nitrogens is 1. The highest BCUT2D eigenvalue weighted by atomic mass is 16.5. The Kier molecular flexibility index (Phi) is 5.68. The number of nitrogens with one attached hydrogen (secondary N) is 1. The summed E-state index contributed by atoms with van der Waals surface area (Å²) in [6.45, 7) is 6.41. The number of nitrogens with zero attached hydrogens (tertiary/aromatic N) is 2. The summed E-state index contributed by atoms with van der Waals surface area (Å²) in [7, 11) is 0. The number of fused-ring (bicyclic) bond motifs is 2. The largest absolute Gasteiger partial charge is 0.490 e. The second-order valence-corrected chi connectivity index (χ2v) is 7.18. The number of hydrogen-bond donors (Lipinski definition) is 2. The summed E-state index contributed by atoms with van der Waals surface area (Å²) in [5.74, 6) is 0.169. The lowest BCUT2D eigenvalue weighted by Crippen LogP contribution is -2.37. The first-order valence-corrected chi connectivity index (χ1v) is 10.3. The molecule has 1 aromatic heterocycles. The van der Waals surface area contributed by atoms with Gasteiger partial charge in [0.1, 0.15) is 0 Å². The van der Waals surface area contributed by atoms with Crippen molar-refractivity contribution in [1.82, 2.24) is 10.3 Å². The van der Waals surface area contributed by atoms with Gasteiger partial charge < -0.3 is 20.5 Å². The Morgan fingerprint density at radius 1 is 1.12 bits per heavy atom. The molecule has 2 heterocycles. The van der Waals surface area contributed by atoms with Gasteiger partial charge in [0.25, 0.3) is 11.8 Å². The second kappa shape index (κ2) is 8.58. The Labute approximate surface area is 184 Å². The monoisotopic (exact) mass is 431 g/mol. The van der Waals surface area contributed by atoms with Crippen molar-refractivity contribution in [1.29, 1.82) is 0 Å². The maximum atomic E-state index is 12.2. The summed E-state index contributed by atoms with van der Waals surface area (Å²) in [6, 6.07) is 9.12. The van der Waals surface area contributed by atoms with E-state index in [4.69, 9.17) is 15.2 Å². The van der Waals surface area contributed by atoms with E-state index in [9.17, 15) is 9.59 Å². The van der Waals surface area contributed by atoms with Gasteiger partial charge in [0, 0.05) is 45.5 Å². The van der Waals surface area contributed by atoms with Crippen LogP contribution in [0.4, 0.5) is 11.4 Å². The maximum Gasteiger partial charge on any atom is 0.273 e. The number of nitrogens with two attached hydrogens (primary N) is 1. The highest BCUT2D eigenvalue weighted by Crippen LogP contribution is 2.37. The first-order chi connectivity index (χ1) is 15.4. The summed E-state index contributed by atoms with van der Waals surface area (Å²) in [6.07, 6.45) is 2.97. The molecular formula is C24H23N4O4. The third-order valence-corrected chi connectivity index (χ3v) is 5.17. The third-order valence-electron chi connectivity index (χ3n) is 5.17. The van der Waals surface area contributed by atoms with Crippen molar-refractivity contribution >= 4 is 45.9 Å². The molecule has 2 aromatic carbocycles. The van der Waals surface area contributed by atoms with E-state index in [0.29, 0.717) is 52.6 Å². The van der Waals surface area contributed by atoms with E-state index in [1.807, 2.05) is 32.0 Å². The quantitative estimate of drug-likeness (QED) is 0.590. The number of rotatable bonds is 7. The van der Waals surface area contributed by atoms with Gasteiger partial charge in [0.2, 0.25) is 0 Å². The Morgan fingerprint density at radius 3 is 2.53 bits per heavy atom. The van der Waals surface area contributed by atoms with Gasteiger partial charge in [-0.3, -0.25) is 14.6 Å². The summed E-state index contributed by atoms with van der Waals surface area (Å²) in [4.78, 5) is 28.8. The number of hydrogen-bond acceptors (Lipinski definition) is 6. The minimum atomic E-state index is -0.628. The standard InChI is InChI=1S/C24H23N4O4/c1-4-31-19-9-15-18(10-20(19)32-5-2)26-12-16(23(25)29)22(15)28-17-8-6-7-14-11-27-24(30)13(3)21(14)17/h6-12H,4-5H2,1-3H3,(H2,25,29)(H,26,28). The predicted octanol–water partition coefficient (Wildman–Crippen LogP) is 1.93. The molecule has 8 heteroatoms. The van der Waals surface area contributed by atoms with Crippen LogP contribution < -0.4 is 36.3 Å². The van der Waals surface area contributed by atoms with Crippen molar-refractivity contribution in [3.8, 4) is 11.5 Å². The average molecular weight is 431 g/mol. The molecule has 0 fully saturated rings. The first kappa shape index (κ1) is 21.2. The van der Waals surface area contributed by atoms with Crippen LogP contribution in [0.5, 0.6) is 11.5 Å². The topological polar surface area (TPSA) is 118 Å². The molecule has 0 unspecified atom stereocenters. The van der Waals surface area contributed by atoms with Gasteiger partial charge in [-0.1, -0.05) is 12.1 Å². The highest BCUT2D eigenvalue weighted by Gasteiger charge is 2.19. The molecule has 0 atom stereocenters. The van der Waals surface area contributed by atoms with Crippen molar-refractivity contribution in [2.24, 2.45) is 5.73 Å². The van der Waals surface area contributed by atoms with E-state index in [1.165, 1.54) is 12.4 Å². The number of benzene rings is 2. The Morgan fingerprint density at radius 2 is 1.84 bits per heavy atom. The highest BCUT2D eigenvalue weighted by molar-refractivity contribution is 6.15. The molecule has 32 heavy (non-hydrogen) atoms. The van der Waals surface area contributed by atoms with Crippen molar-refractivity contribution < 1.29 is 19.1 Å². The Hall–Kier alpha value is -4.07. The molecule has 3 N–H and O–H groups in total. The molecule has 0 saturated carbocycles.